The van der Waals surface area contributed by atoms with E-state index in [1.54, 1.807) is 30.5 Å². The first-order valence-electron chi connectivity index (χ1n) is 7.55. The van der Waals surface area contributed by atoms with E-state index in [2.05, 4.69) is 20.8 Å². The van der Waals surface area contributed by atoms with E-state index in [1.165, 1.54) is 6.21 Å². The lowest BCUT2D eigenvalue weighted by Gasteiger charge is -2.04. The van der Waals surface area contributed by atoms with E-state index in [0.717, 1.165) is 22.0 Å². The molecule has 3 rings (SSSR count). The number of halogens is 1. The molecular formula is C18H15ClN4O2. The highest BCUT2D eigenvalue weighted by Crippen LogP contribution is 2.15. The Morgan fingerprint density at radius 1 is 1.08 bits per heavy atom. The van der Waals surface area contributed by atoms with E-state index in [1.807, 2.05) is 24.3 Å². The molecule has 1 aromatic heterocycles. The maximum atomic E-state index is 11.8. The smallest absolute Gasteiger partial charge is 0.329 e. The van der Waals surface area contributed by atoms with Gasteiger partial charge < -0.3 is 10.3 Å². The molecule has 0 spiro atoms. The Bertz CT molecular complexity index is 932. The van der Waals surface area contributed by atoms with Gasteiger partial charge in [0.05, 0.1) is 6.21 Å². The van der Waals surface area contributed by atoms with Crippen molar-refractivity contribution < 1.29 is 9.59 Å². The summed E-state index contributed by atoms with van der Waals surface area (Å²) in [6.07, 6.45) is 3.27. The molecule has 126 valence electrons. The second-order valence-corrected chi connectivity index (χ2v) is 5.73. The van der Waals surface area contributed by atoms with Gasteiger partial charge in [-0.05, 0) is 23.8 Å². The number of benzene rings is 2. The van der Waals surface area contributed by atoms with Gasteiger partial charge in [0, 0.05) is 34.2 Å². The number of H-pyrrole nitrogens is 1. The minimum atomic E-state index is -0.829. The number of hydrogen-bond donors (Lipinski definition) is 3. The van der Waals surface area contributed by atoms with Crippen LogP contribution in [-0.4, -0.2) is 23.0 Å². The van der Waals surface area contributed by atoms with Crippen molar-refractivity contribution in [2.24, 2.45) is 5.10 Å². The van der Waals surface area contributed by atoms with E-state index < -0.39 is 11.8 Å². The van der Waals surface area contributed by atoms with Gasteiger partial charge in [0.15, 0.2) is 0 Å². The Balaban J connectivity index is 1.53. The maximum absolute atomic E-state index is 11.8. The average molecular weight is 355 g/mol. The van der Waals surface area contributed by atoms with Gasteiger partial charge in [-0.2, -0.15) is 5.10 Å². The standard InChI is InChI=1S/C18H15ClN4O2/c19-14-7-5-12(6-8-14)9-21-17(24)18(25)23-22-11-13-10-20-16-4-2-1-3-15(13)16/h1-8,10-11,20H,9H2,(H,21,24)(H,23,25)/b22-11+. The number of amides is 2. The largest absolute Gasteiger partial charge is 0.361 e. The van der Waals surface area contributed by atoms with Crippen molar-refractivity contribution in [3.63, 3.8) is 0 Å². The van der Waals surface area contributed by atoms with Gasteiger partial charge in [-0.1, -0.05) is 41.9 Å². The van der Waals surface area contributed by atoms with Gasteiger partial charge in [-0.3, -0.25) is 9.59 Å². The van der Waals surface area contributed by atoms with E-state index in [-0.39, 0.29) is 6.54 Å². The van der Waals surface area contributed by atoms with Gasteiger partial charge >= 0.3 is 11.8 Å². The molecule has 0 aliphatic rings. The van der Waals surface area contributed by atoms with Crippen LogP contribution in [0, 0.1) is 0 Å². The summed E-state index contributed by atoms with van der Waals surface area (Å²) in [7, 11) is 0. The predicted molar refractivity (Wildman–Crippen MR) is 97.3 cm³/mol. The summed E-state index contributed by atoms with van der Waals surface area (Å²) >= 11 is 5.79. The zero-order valence-corrected chi connectivity index (χ0v) is 13.9. The Kier molecular flexibility index (Phi) is 5.11. The molecule has 0 aliphatic carbocycles. The van der Waals surface area contributed by atoms with Crippen molar-refractivity contribution in [1.82, 2.24) is 15.7 Å². The van der Waals surface area contributed by atoms with Crippen molar-refractivity contribution in [3.8, 4) is 0 Å². The van der Waals surface area contributed by atoms with Crippen molar-refractivity contribution in [2.45, 2.75) is 6.54 Å². The summed E-state index contributed by atoms with van der Waals surface area (Å²) in [5.74, 6) is -1.59. The predicted octanol–water partition coefficient (Wildman–Crippen LogP) is 2.59. The number of para-hydroxylation sites is 1. The molecule has 0 atom stereocenters. The van der Waals surface area contributed by atoms with E-state index in [9.17, 15) is 9.59 Å². The zero-order valence-electron chi connectivity index (χ0n) is 13.1. The SMILES string of the molecule is O=C(NCc1ccc(Cl)cc1)C(=O)N/N=C/c1c[nH]c2ccccc12. The first-order chi connectivity index (χ1) is 12.1. The lowest BCUT2D eigenvalue weighted by atomic mass is 10.2. The number of nitrogens with zero attached hydrogens (tertiary/aromatic N) is 1. The number of hydrogen-bond acceptors (Lipinski definition) is 3. The molecule has 0 bridgehead atoms. The highest BCUT2D eigenvalue weighted by atomic mass is 35.5. The third-order valence-corrected chi connectivity index (χ3v) is 3.82. The third kappa shape index (κ3) is 4.24. The fourth-order valence-corrected chi connectivity index (χ4v) is 2.40. The van der Waals surface area contributed by atoms with Crippen LogP contribution in [0.2, 0.25) is 5.02 Å². The summed E-state index contributed by atoms with van der Waals surface area (Å²) in [5, 5.41) is 7.94. The van der Waals surface area contributed by atoms with Crippen molar-refractivity contribution >= 4 is 40.5 Å². The van der Waals surface area contributed by atoms with Gasteiger partial charge in [-0.25, -0.2) is 5.43 Å². The number of carbonyl (C=O) groups is 2. The first kappa shape index (κ1) is 16.7. The van der Waals surface area contributed by atoms with Gasteiger partial charge in [0.2, 0.25) is 0 Å². The Morgan fingerprint density at radius 2 is 1.84 bits per heavy atom. The number of aromatic nitrogens is 1. The number of aromatic amines is 1. The van der Waals surface area contributed by atoms with Crippen LogP contribution >= 0.6 is 11.6 Å². The first-order valence-corrected chi connectivity index (χ1v) is 7.93. The number of hydrazone groups is 1. The van der Waals surface area contributed by atoms with Crippen molar-refractivity contribution in [1.29, 1.82) is 0 Å². The maximum Gasteiger partial charge on any atom is 0.329 e. The van der Waals surface area contributed by atoms with Gasteiger partial charge in [-0.15, -0.1) is 0 Å². The van der Waals surface area contributed by atoms with Crippen LogP contribution in [0.25, 0.3) is 10.9 Å². The minimum absolute atomic E-state index is 0.232. The molecule has 2 amide bonds. The van der Waals surface area contributed by atoms with Crippen molar-refractivity contribution in [2.75, 3.05) is 0 Å². The van der Waals surface area contributed by atoms with Gasteiger partial charge in [0.1, 0.15) is 0 Å². The molecule has 0 fully saturated rings. The molecule has 6 nitrogen and oxygen atoms in total. The van der Waals surface area contributed by atoms with Crippen LogP contribution in [0.4, 0.5) is 0 Å². The number of carbonyl (C=O) groups excluding carboxylic acids is 2. The second kappa shape index (κ2) is 7.63. The molecule has 0 saturated carbocycles. The van der Waals surface area contributed by atoms with E-state index in [0.29, 0.717) is 5.02 Å². The summed E-state index contributed by atoms with van der Waals surface area (Å²) in [6, 6.07) is 14.7. The minimum Gasteiger partial charge on any atom is -0.361 e. The molecule has 0 saturated heterocycles. The fraction of sp³-hybridized carbons (Fsp3) is 0.0556. The Morgan fingerprint density at radius 3 is 2.64 bits per heavy atom. The molecule has 2 aromatic carbocycles. The highest BCUT2D eigenvalue weighted by Gasteiger charge is 2.12. The van der Waals surface area contributed by atoms with Gasteiger partial charge in [0.25, 0.3) is 0 Å². The molecule has 1 heterocycles. The summed E-state index contributed by atoms with van der Waals surface area (Å²) in [4.78, 5) is 26.6. The monoisotopic (exact) mass is 354 g/mol. The quantitative estimate of drug-likeness (QED) is 0.382. The molecular weight excluding hydrogens is 340 g/mol. The topological polar surface area (TPSA) is 86.3 Å². The number of rotatable bonds is 4. The molecule has 3 N–H and O–H groups in total. The highest BCUT2D eigenvalue weighted by molar-refractivity contribution is 6.35. The third-order valence-electron chi connectivity index (χ3n) is 3.56. The van der Waals surface area contributed by atoms with Crippen LogP contribution in [0.15, 0.2) is 59.8 Å². The Hall–Kier alpha value is -3.12. The molecule has 25 heavy (non-hydrogen) atoms. The van der Waals surface area contributed by atoms with E-state index in [4.69, 9.17) is 11.6 Å². The normalized spacial score (nSPS) is 10.9. The average Bonchev–Trinajstić information content (AvgIpc) is 3.04. The van der Waals surface area contributed by atoms with Crippen LogP contribution in [0.3, 0.4) is 0 Å². The fourth-order valence-electron chi connectivity index (χ4n) is 2.28. The summed E-state index contributed by atoms with van der Waals surface area (Å²) in [6.45, 7) is 0.232. The molecule has 7 heteroatoms. The lowest BCUT2D eigenvalue weighted by molar-refractivity contribution is -0.139. The Labute approximate surface area is 148 Å². The number of nitrogens with one attached hydrogen (secondary N) is 3. The summed E-state index contributed by atoms with van der Waals surface area (Å²) < 4.78 is 0. The summed E-state index contributed by atoms with van der Waals surface area (Å²) in [5.41, 5.74) is 4.84. The van der Waals surface area contributed by atoms with Crippen LogP contribution in [0.1, 0.15) is 11.1 Å². The molecule has 0 radical (unpaired) electrons. The van der Waals surface area contributed by atoms with Crippen molar-refractivity contribution in [3.05, 3.63) is 70.9 Å². The molecule has 0 unspecified atom stereocenters. The van der Waals surface area contributed by atoms with Crippen LogP contribution in [-0.2, 0) is 16.1 Å². The van der Waals surface area contributed by atoms with Crippen LogP contribution < -0.4 is 10.7 Å². The molecule has 0 aliphatic heterocycles. The second-order valence-electron chi connectivity index (χ2n) is 5.30. The van der Waals surface area contributed by atoms with Crippen LogP contribution in [0.5, 0.6) is 0 Å². The lowest BCUT2D eigenvalue weighted by Crippen LogP contribution is -2.37. The number of fused-ring (bicyclic) bond motifs is 1. The molecule has 3 aromatic rings. The van der Waals surface area contributed by atoms with E-state index >= 15 is 0 Å². The zero-order chi connectivity index (χ0) is 17.6.